The van der Waals surface area contributed by atoms with E-state index in [2.05, 4.69) is 10.1 Å². The maximum atomic E-state index is 12.4. The molecule has 1 aromatic carbocycles. The van der Waals surface area contributed by atoms with Crippen molar-refractivity contribution in [2.45, 2.75) is 57.4 Å². The van der Waals surface area contributed by atoms with Crippen LogP contribution in [0.15, 0.2) is 24.3 Å². The van der Waals surface area contributed by atoms with Gasteiger partial charge in [0.05, 0.1) is 6.10 Å². The lowest BCUT2D eigenvalue weighted by Crippen LogP contribution is -2.36. The highest BCUT2D eigenvalue weighted by Gasteiger charge is 2.23. The largest absolute Gasteiger partial charge is 0.434 e. The van der Waals surface area contributed by atoms with Gasteiger partial charge in [-0.15, -0.1) is 0 Å². The molecule has 1 unspecified atom stereocenters. The third-order valence-corrected chi connectivity index (χ3v) is 4.09. The lowest BCUT2D eigenvalue weighted by Gasteiger charge is -2.31. The molecule has 0 aliphatic heterocycles. The second-order valence-electron chi connectivity index (χ2n) is 5.51. The molecule has 118 valence electrons. The molecular weight excluding hydrogens is 276 g/mol. The van der Waals surface area contributed by atoms with Gasteiger partial charge in [-0.05, 0) is 38.7 Å². The van der Waals surface area contributed by atoms with E-state index in [0.717, 1.165) is 31.2 Å². The maximum absolute atomic E-state index is 12.4. The maximum Gasteiger partial charge on any atom is 0.387 e. The summed E-state index contributed by atoms with van der Waals surface area (Å²) in [5, 5.41) is 3.51. The molecule has 0 spiro atoms. The molecule has 0 radical (unpaired) electrons. The summed E-state index contributed by atoms with van der Waals surface area (Å²) in [6, 6.07) is 7.33. The van der Waals surface area contributed by atoms with Gasteiger partial charge in [0, 0.05) is 24.8 Å². The molecule has 1 aromatic rings. The Morgan fingerprint density at radius 1 is 1.14 bits per heavy atom. The summed E-state index contributed by atoms with van der Waals surface area (Å²) in [7, 11) is 1.75. The van der Waals surface area contributed by atoms with Crippen molar-refractivity contribution in [2.24, 2.45) is 0 Å². The second kappa shape index (κ2) is 7.71. The van der Waals surface area contributed by atoms with E-state index in [0.29, 0.717) is 12.1 Å². The minimum atomic E-state index is -2.80. The van der Waals surface area contributed by atoms with Gasteiger partial charge in [0.2, 0.25) is 0 Å². The minimum Gasteiger partial charge on any atom is -0.434 e. The number of benzene rings is 1. The second-order valence-corrected chi connectivity index (χ2v) is 5.51. The summed E-state index contributed by atoms with van der Waals surface area (Å²) >= 11 is 0. The number of hydrogen-bond acceptors (Lipinski definition) is 3. The molecule has 0 aromatic heterocycles. The predicted octanol–water partition coefficient (Wildman–Crippen LogP) is 3.90. The van der Waals surface area contributed by atoms with Gasteiger partial charge in [0.25, 0.3) is 0 Å². The van der Waals surface area contributed by atoms with Crippen LogP contribution in [0.3, 0.4) is 0 Å². The quantitative estimate of drug-likeness (QED) is 0.864. The summed E-state index contributed by atoms with van der Waals surface area (Å²) in [6.45, 7) is -0.814. The molecule has 0 bridgehead atoms. The number of alkyl halides is 2. The number of methoxy groups -OCH3 is 1. The van der Waals surface area contributed by atoms with Crippen LogP contribution in [0.5, 0.6) is 5.75 Å². The van der Waals surface area contributed by atoms with Crippen LogP contribution in [-0.4, -0.2) is 25.9 Å². The highest BCUT2D eigenvalue weighted by molar-refractivity contribution is 5.35. The molecule has 2 rings (SSSR count). The Bertz CT molecular complexity index is 434. The molecule has 0 heterocycles. The molecule has 1 saturated carbocycles. The van der Waals surface area contributed by atoms with E-state index in [1.165, 1.54) is 0 Å². The minimum absolute atomic E-state index is 0.0240. The fourth-order valence-corrected chi connectivity index (χ4v) is 2.95. The van der Waals surface area contributed by atoms with Crippen LogP contribution in [0.4, 0.5) is 8.78 Å². The predicted molar refractivity (Wildman–Crippen MR) is 77.7 cm³/mol. The Morgan fingerprint density at radius 3 is 2.43 bits per heavy atom. The van der Waals surface area contributed by atoms with Gasteiger partial charge >= 0.3 is 6.61 Å². The van der Waals surface area contributed by atoms with Crippen molar-refractivity contribution >= 4 is 0 Å². The van der Waals surface area contributed by atoms with Gasteiger partial charge in [-0.1, -0.05) is 18.2 Å². The third kappa shape index (κ3) is 4.64. The number of nitrogens with one attached hydrogen (secondary N) is 1. The first-order valence-corrected chi connectivity index (χ1v) is 7.42. The standard InChI is InChI=1S/C16H23F2NO2/c1-11(19-12-7-9-13(20-2)10-8-12)14-5-3-4-6-15(14)21-16(17)18/h3-6,11-13,16,19H,7-10H2,1-2H3. The van der Waals surface area contributed by atoms with Crippen LogP contribution in [0.2, 0.25) is 0 Å². The van der Waals surface area contributed by atoms with Crippen molar-refractivity contribution in [3.05, 3.63) is 29.8 Å². The zero-order valence-electron chi connectivity index (χ0n) is 12.5. The highest BCUT2D eigenvalue weighted by atomic mass is 19.3. The SMILES string of the molecule is COC1CCC(NC(C)c2ccccc2OC(F)F)CC1. The van der Waals surface area contributed by atoms with Crippen molar-refractivity contribution in [1.82, 2.24) is 5.32 Å². The number of ether oxygens (including phenoxy) is 2. The van der Waals surface area contributed by atoms with Crippen LogP contribution in [-0.2, 0) is 4.74 Å². The highest BCUT2D eigenvalue weighted by Crippen LogP contribution is 2.28. The third-order valence-electron chi connectivity index (χ3n) is 4.09. The van der Waals surface area contributed by atoms with Crippen molar-refractivity contribution in [3.63, 3.8) is 0 Å². The number of hydrogen-bond donors (Lipinski definition) is 1. The van der Waals surface area contributed by atoms with Gasteiger partial charge < -0.3 is 14.8 Å². The first kappa shape index (κ1) is 16.2. The Hall–Kier alpha value is -1.20. The van der Waals surface area contributed by atoms with Crippen molar-refractivity contribution in [3.8, 4) is 5.75 Å². The molecule has 5 heteroatoms. The Morgan fingerprint density at radius 2 is 1.81 bits per heavy atom. The van der Waals surface area contributed by atoms with Crippen LogP contribution >= 0.6 is 0 Å². The molecule has 21 heavy (non-hydrogen) atoms. The molecule has 3 nitrogen and oxygen atoms in total. The van der Waals surface area contributed by atoms with Crippen LogP contribution in [0, 0.1) is 0 Å². The smallest absolute Gasteiger partial charge is 0.387 e. The fraction of sp³-hybridized carbons (Fsp3) is 0.625. The Balaban J connectivity index is 1.95. The van der Waals surface area contributed by atoms with E-state index in [9.17, 15) is 8.78 Å². The normalized spacial score (nSPS) is 24.0. The first-order valence-electron chi connectivity index (χ1n) is 7.42. The number of halogens is 2. The molecule has 1 atom stereocenters. The summed E-state index contributed by atoms with van der Waals surface area (Å²) in [5.41, 5.74) is 0.770. The summed E-state index contributed by atoms with van der Waals surface area (Å²) < 4.78 is 34.9. The lowest BCUT2D eigenvalue weighted by atomic mass is 9.92. The van der Waals surface area contributed by atoms with Crippen molar-refractivity contribution < 1.29 is 18.3 Å². The lowest BCUT2D eigenvalue weighted by molar-refractivity contribution is -0.0507. The average molecular weight is 299 g/mol. The van der Waals surface area contributed by atoms with Crippen LogP contribution in [0.25, 0.3) is 0 Å². The molecule has 1 aliphatic rings. The van der Waals surface area contributed by atoms with Crippen molar-refractivity contribution in [2.75, 3.05) is 7.11 Å². The zero-order valence-corrected chi connectivity index (χ0v) is 12.5. The van der Waals surface area contributed by atoms with Gasteiger partial charge in [-0.3, -0.25) is 0 Å². The number of para-hydroxylation sites is 1. The first-order chi connectivity index (χ1) is 10.1. The zero-order chi connectivity index (χ0) is 15.2. The topological polar surface area (TPSA) is 30.5 Å². The molecule has 1 aliphatic carbocycles. The van der Waals surface area contributed by atoms with Crippen LogP contribution < -0.4 is 10.1 Å². The van der Waals surface area contributed by atoms with Crippen LogP contribution in [0.1, 0.15) is 44.2 Å². The van der Waals surface area contributed by atoms with Gasteiger partial charge in [-0.2, -0.15) is 8.78 Å². The molecule has 1 N–H and O–H groups in total. The Labute approximate surface area is 124 Å². The van der Waals surface area contributed by atoms with E-state index in [-0.39, 0.29) is 11.8 Å². The van der Waals surface area contributed by atoms with Gasteiger partial charge in [-0.25, -0.2) is 0 Å². The summed E-state index contributed by atoms with van der Waals surface area (Å²) in [4.78, 5) is 0. The number of rotatable bonds is 6. The fourth-order valence-electron chi connectivity index (χ4n) is 2.95. The summed E-state index contributed by atoms with van der Waals surface area (Å²) in [6.07, 6.45) is 4.51. The van der Waals surface area contributed by atoms with E-state index in [1.54, 1.807) is 19.2 Å². The molecule has 0 saturated heterocycles. The van der Waals surface area contributed by atoms with E-state index < -0.39 is 6.61 Å². The summed E-state index contributed by atoms with van der Waals surface area (Å²) in [5.74, 6) is 0.248. The molecule has 0 amide bonds. The molecule has 1 fully saturated rings. The van der Waals surface area contributed by atoms with Crippen molar-refractivity contribution in [1.29, 1.82) is 0 Å². The average Bonchev–Trinajstić information content (AvgIpc) is 2.48. The monoisotopic (exact) mass is 299 g/mol. The van der Waals surface area contributed by atoms with E-state index in [4.69, 9.17) is 4.74 Å². The van der Waals surface area contributed by atoms with E-state index >= 15 is 0 Å². The molecular formula is C16H23F2NO2. The Kier molecular flexibility index (Phi) is 5.94. The van der Waals surface area contributed by atoms with Gasteiger partial charge in [0.1, 0.15) is 5.75 Å². The van der Waals surface area contributed by atoms with E-state index in [1.807, 2.05) is 19.1 Å². The van der Waals surface area contributed by atoms with Gasteiger partial charge in [0.15, 0.2) is 0 Å².